The number of nitrogens with one attached hydrogen (secondary N) is 1. The Balaban J connectivity index is 2.23. The van der Waals surface area contributed by atoms with Crippen LogP contribution in [0.1, 0.15) is 35.7 Å². The minimum Gasteiger partial charge on any atom is -0.480 e. The molecule has 0 saturated carbocycles. The van der Waals surface area contributed by atoms with Crippen LogP contribution in [0.25, 0.3) is 0 Å². The van der Waals surface area contributed by atoms with E-state index in [1.807, 2.05) is 13.0 Å². The first-order valence-corrected chi connectivity index (χ1v) is 8.27. The standard InChI is InChI=1S/C18H19ClN2O4/c1-2-5-15(18(24)25)20-17(23)13-8-9-16(22)21(11-13)10-12-6-3-4-7-14(12)19/h3-4,6-9,11,15H,2,5,10H2,1H3,(H,20,23)(H,24,25). The molecule has 0 aliphatic rings. The van der Waals surface area contributed by atoms with Crippen molar-refractivity contribution in [3.05, 3.63) is 69.1 Å². The number of rotatable bonds is 7. The van der Waals surface area contributed by atoms with Gasteiger partial charge < -0.3 is 15.0 Å². The fourth-order valence-electron chi connectivity index (χ4n) is 2.39. The van der Waals surface area contributed by atoms with Gasteiger partial charge in [-0.25, -0.2) is 4.79 Å². The Bertz CT molecular complexity index is 832. The zero-order valence-corrected chi connectivity index (χ0v) is 14.5. The maximum atomic E-state index is 12.3. The molecule has 0 saturated heterocycles. The van der Waals surface area contributed by atoms with Crippen LogP contribution in [0.2, 0.25) is 5.02 Å². The Kier molecular flexibility index (Phi) is 6.36. The number of pyridine rings is 1. The van der Waals surface area contributed by atoms with Gasteiger partial charge in [0.15, 0.2) is 0 Å². The largest absolute Gasteiger partial charge is 0.480 e. The van der Waals surface area contributed by atoms with Gasteiger partial charge in [-0.2, -0.15) is 0 Å². The van der Waals surface area contributed by atoms with E-state index in [1.54, 1.807) is 18.2 Å². The van der Waals surface area contributed by atoms with E-state index in [0.29, 0.717) is 17.9 Å². The maximum absolute atomic E-state index is 12.3. The number of hydrogen-bond acceptors (Lipinski definition) is 3. The summed E-state index contributed by atoms with van der Waals surface area (Å²) in [7, 11) is 0. The van der Waals surface area contributed by atoms with Crippen LogP contribution in [0.4, 0.5) is 0 Å². The van der Waals surface area contributed by atoms with E-state index in [0.717, 1.165) is 5.56 Å². The van der Waals surface area contributed by atoms with E-state index in [9.17, 15) is 14.4 Å². The van der Waals surface area contributed by atoms with Crippen molar-refractivity contribution in [3.63, 3.8) is 0 Å². The number of aromatic nitrogens is 1. The van der Waals surface area contributed by atoms with Crippen LogP contribution in [-0.4, -0.2) is 27.6 Å². The molecule has 6 nitrogen and oxygen atoms in total. The van der Waals surface area contributed by atoms with Crippen LogP contribution in [0.15, 0.2) is 47.4 Å². The van der Waals surface area contributed by atoms with Gasteiger partial charge in [0, 0.05) is 17.3 Å². The quantitative estimate of drug-likeness (QED) is 0.792. The smallest absolute Gasteiger partial charge is 0.326 e. The molecule has 2 rings (SSSR count). The summed E-state index contributed by atoms with van der Waals surface area (Å²) in [5.41, 5.74) is 0.687. The number of carboxylic acids is 1. The highest BCUT2D eigenvalue weighted by atomic mass is 35.5. The average molecular weight is 363 g/mol. The predicted octanol–water partition coefficient (Wildman–Crippen LogP) is 2.53. The minimum atomic E-state index is -1.08. The van der Waals surface area contributed by atoms with E-state index >= 15 is 0 Å². The summed E-state index contributed by atoms with van der Waals surface area (Å²) in [6.07, 6.45) is 2.37. The molecule has 1 heterocycles. The van der Waals surface area contributed by atoms with Gasteiger partial charge >= 0.3 is 5.97 Å². The van der Waals surface area contributed by atoms with Crippen molar-refractivity contribution in [2.75, 3.05) is 0 Å². The molecule has 0 radical (unpaired) electrons. The summed E-state index contributed by atoms with van der Waals surface area (Å²) in [5, 5.41) is 12.1. The third-order valence-corrected chi connectivity index (χ3v) is 4.09. The first-order valence-electron chi connectivity index (χ1n) is 7.90. The SMILES string of the molecule is CCCC(NC(=O)c1ccc(=O)n(Cc2ccccc2Cl)c1)C(=O)O. The Hall–Kier alpha value is -2.60. The number of carbonyl (C=O) groups is 2. The zero-order chi connectivity index (χ0) is 18.4. The highest BCUT2D eigenvalue weighted by Crippen LogP contribution is 2.15. The van der Waals surface area contributed by atoms with Crippen molar-refractivity contribution in [2.45, 2.75) is 32.4 Å². The highest BCUT2D eigenvalue weighted by molar-refractivity contribution is 6.31. The van der Waals surface area contributed by atoms with Gasteiger partial charge in [-0.15, -0.1) is 0 Å². The second-order valence-corrected chi connectivity index (χ2v) is 6.04. The normalized spacial score (nSPS) is 11.8. The molecule has 0 aliphatic carbocycles. The number of carboxylic acid groups (broad SMARTS) is 1. The fourth-order valence-corrected chi connectivity index (χ4v) is 2.58. The van der Waals surface area contributed by atoms with Gasteiger partial charge in [-0.3, -0.25) is 9.59 Å². The molecular formula is C18H19ClN2O4. The molecule has 132 valence electrons. The van der Waals surface area contributed by atoms with Crippen molar-refractivity contribution in [1.82, 2.24) is 9.88 Å². The van der Waals surface area contributed by atoms with Gasteiger partial charge in [0.1, 0.15) is 6.04 Å². The lowest BCUT2D eigenvalue weighted by Gasteiger charge is -2.14. The number of halogens is 1. The van der Waals surface area contributed by atoms with Gasteiger partial charge in [0.05, 0.1) is 12.1 Å². The summed E-state index contributed by atoms with van der Waals surface area (Å²) in [6, 6.07) is 8.82. The third-order valence-electron chi connectivity index (χ3n) is 3.72. The molecule has 1 aromatic carbocycles. The molecule has 0 fully saturated rings. The summed E-state index contributed by atoms with van der Waals surface area (Å²) < 4.78 is 1.37. The van der Waals surface area contributed by atoms with Crippen LogP contribution in [0, 0.1) is 0 Å². The summed E-state index contributed by atoms with van der Waals surface area (Å²) in [4.78, 5) is 35.5. The van der Waals surface area contributed by atoms with Crippen LogP contribution in [0.5, 0.6) is 0 Å². The maximum Gasteiger partial charge on any atom is 0.326 e. The number of hydrogen-bond donors (Lipinski definition) is 2. The van der Waals surface area contributed by atoms with E-state index in [1.165, 1.54) is 22.9 Å². The molecule has 25 heavy (non-hydrogen) atoms. The molecule has 2 aromatic rings. The fraction of sp³-hybridized carbons (Fsp3) is 0.278. The van der Waals surface area contributed by atoms with Gasteiger partial charge in [0.25, 0.3) is 11.5 Å². The van der Waals surface area contributed by atoms with Crippen LogP contribution >= 0.6 is 11.6 Å². The molecule has 2 N–H and O–H groups in total. The first kappa shape index (κ1) is 18.7. The van der Waals surface area contributed by atoms with Gasteiger partial charge in [0.2, 0.25) is 0 Å². The Morgan fingerprint density at radius 1 is 1.24 bits per heavy atom. The van der Waals surface area contributed by atoms with Crippen molar-refractivity contribution >= 4 is 23.5 Å². The number of carbonyl (C=O) groups excluding carboxylic acids is 1. The van der Waals surface area contributed by atoms with Crippen molar-refractivity contribution in [2.24, 2.45) is 0 Å². The van der Waals surface area contributed by atoms with E-state index in [2.05, 4.69) is 5.32 Å². The second kappa shape index (κ2) is 8.48. The van der Waals surface area contributed by atoms with E-state index < -0.39 is 17.9 Å². The molecule has 1 unspecified atom stereocenters. The molecule has 1 amide bonds. The highest BCUT2D eigenvalue weighted by Gasteiger charge is 2.20. The molecule has 0 bridgehead atoms. The summed E-state index contributed by atoms with van der Waals surface area (Å²) in [5.74, 6) is -1.62. The predicted molar refractivity (Wildman–Crippen MR) is 95.1 cm³/mol. The topological polar surface area (TPSA) is 88.4 Å². The van der Waals surface area contributed by atoms with Crippen LogP contribution < -0.4 is 10.9 Å². The second-order valence-electron chi connectivity index (χ2n) is 5.63. The minimum absolute atomic E-state index is 0.217. The van der Waals surface area contributed by atoms with Crippen molar-refractivity contribution < 1.29 is 14.7 Å². The first-order chi connectivity index (χ1) is 11.9. The molecular weight excluding hydrogens is 344 g/mol. The monoisotopic (exact) mass is 362 g/mol. The number of aliphatic carboxylic acids is 1. The molecule has 0 aliphatic heterocycles. The zero-order valence-electron chi connectivity index (χ0n) is 13.7. The Morgan fingerprint density at radius 3 is 2.60 bits per heavy atom. The van der Waals surface area contributed by atoms with E-state index in [4.69, 9.17) is 16.7 Å². The summed E-state index contributed by atoms with van der Waals surface area (Å²) >= 11 is 6.11. The lowest BCUT2D eigenvalue weighted by Crippen LogP contribution is -2.41. The van der Waals surface area contributed by atoms with Crippen LogP contribution in [0.3, 0.4) is 0 Å². The molecule has 1 aromatic heterocycles. The molecule has 0 spiro atoms. The Morgan fingerprint density at radius 2 is 1.96 bits per heavy atom. The van der Waals surface area contributed by atoms with Crippen LogP contribution in [-0.2, 0) is 11.3 Å². The van der Waals surface area contributed by atoms with Gasteiger partial charge in [-0.1, -0.05) is 43.1 Å². The number of nitrogens with zero attached hydrogens (tertiary/aromatic N) is 1. The average Bonchev–Trinajstić information content (AvgIpc) is 2.58. The van der Waals surface area contributed by atoms with E-state index in [-0.39, 0.29) is 17.7 Å². The third kappa shape index (κ3) is 4.93. The molecule has 7 heteroatoms. The lowest BCUT2D eigenvalue weighted by atomic mass is 10.1. The molecule has 1 atom stereocenters. The van der Waals surface area contributed by atoms with Gasteiger partial charge in [-0.05, 0) is 24.1 Å². The number of amides is 1. The Labute approximate surface area is 150 Å². The van der Waals surface area contributed by atoms with Crippen molar-refractivity contribution in [1.29, 1.82) is 0 Å². The number of benzene rings is 1. The van der Waals surface area contributed by atoms with Crippen molar-refractivity contribution in [3.8, 4) is 0 Å². The summed E-state index contributed by atoms with van der Waals surface area (Å²) in [6.45, 7) is 2.06. The lowest BCUT2D eigenvalue weighted by molar-refractivity contribution is -0.139.